The van der Waals surface area contributed by atoms with Crippen molar-refractivity contribution in [1.29, 1.82) is 0 Å². The van der Waals surface area contributed by atoms with Crippen LogP contribution >= 0.6 is 0 Å². The first-order valence-corrected chi connectivity index (χ1v) is 6.59. The number of carbonyl (C=O) groups excluding carboxylic acids is 1. The minimum atomic E-state index is 0.153. The van der Waals surface area contributed by atoms with Gasteiger partial charge < -0.3 is 10.1 Å². The van der Waals surface area contributed by atoms with Crippen LogP contribution < -0.4 is 5.32 Å². The molecule has 16 heavy (non-hydrogen) atoms. The average Bonchev–Trinajstić information content (AvgIpc) is 2.31. The fourth-order valence-corrected chi connectivity index (χ4v) is 1.34. The summed E-state index contributed by atoms with van der Waals surface area (Å²) in [6, 6.07) is 0. The van der Waals surface area contributed by atoms with Gasteiger partial charge in [0.2, 0.25) is 5.91 Å². The fourth-order valence-electron chi connectivity index (χ4n) is 1.34. The van der Waals surface area contributed by atoms with E-state index >= 15 is 0 Å². The van der Waals surface area contributed by atoms with Crippen molar-refractivity contribution in [1.82, 2.24) is 5.32 Å². The highest BCUT2D eigenvalue weighted by Crippen LogP contribution is 2.02. The molecule has 0 spiro atoms. The van der Waals surface area contributed by atoms with Crippen LogP contribution in [0.15, 0.2) is 0 Å². The molecule has 0 aromatic carbocycles. The molecule has 0 aliphatic rings. The van der Waals surface area contributed by atoms with E-state index in [1.165, 1.54) is 12.8 Å². The van der Waals surface area contributed by atoms with Gasteiger partial charge in [0.1, 0.15) is 0 Å². The van der Waals surface area contributed by atoms with E-state index in [2.05, 4.69) is 19.2 Å². The zero-order valence-corrected chi connectivity index (χ0v) is 11.1. The van der Waals surface area contributed by atoms with Crippen molar-refractivity contribution in [3.05, 3.63) is 0 Å². The van der Waals surface area contributed by atoms with Gasteiger partial charge in [-0.15, -0.1) is 0 Å². The lowest BCUT2D eigenvalue weighted by Gasteiger charge is -2.10. The maximum atomic E-state index is 10.9. The summed E-state index contributed by atoms with van der Waals surface area (Å²) in [5.74, 6) is 0.153. The van der Waals surface area contributed by atoms with Gasteiger partial charge in [-0.25, -0.2) is 0 Å². The minimum Gasteiger partial charge on any atom is -0.379 e. The summed E-state index contributed by atoms with van der Waals surface area (Å²) in [5.41, 5.74) is 0. The topological polar surface area (TPSA) is 38.3 Å². The molecule has 96 valence electrons. The average molecular weight is 229 g/mol. The van der Waals surface area contributed by atoms with E-state index in [1.54, 1.807) is 0 Å². The van der Waals surface area contributed by atoms with Crippen LogP contribution in [-0.4, -0.2) is 25.2 Å². The van der Waals surface area contributed by atoms with Crippen molar-refractivity contribution < 1.29 is 9.53 Å². The van der Waals surface area contributed by atoms with Crippen LogP contribution in [0.3, 0.4) is 0 Å². The Balaban J connectivity index is 3.07. The van der Waals surface area contributed by atoms with Crippen molar-refractivity contribution >= 4 is 5.91 Å². The van der Waals surface area contributed by atoms with Gasteiger partial charge in [0.25, 0.3) is 0 Å². The highest BCUT2D eigenvalue weighted by Gasteiger charge is 1.98. The largest absolute Gasteiger partial charge is 0.379 e. The molecular formula is C13H27NO2. The number of unbranched alkanes of at least 4 members (excludes halogenated alkanes) is 3. The Kier molecular flexibility index (Phi) is 10.5. The summed E-state index contributed by atoms with van der Waals surface area (Å²) < 4.78 is 5.58. The molecular weight excluding hydrogens is 202 g/mol. The Hall–Kier alpha value is -0.570. The van der Waals surface area contributed by atoms with Crippen molar-refractivity contribution in [2.45, 2.75) is 65.4 Å². The van der Waals surface area contributed by atoms with Crippen molar-refractivity contribution in [2.75, 3.05) is 13.2 Å². The van der Waals surface area contributed by atoms with E-state index < -0.39 is 0 Å². The monoisotopic (exact) mass is 229 g/mol. The smallest absolute Gasteiger partial charge is 0.219 e. The van der Waals surface area contributed by atoms with E-state index in [0.717, 1.165) is 32.4 Å². The van der Waals surface area contributed by atoms with Gasteiger partial charge in [0, 0.05) is 19.6 Å². The molecule has 1 N–H and O–H groups in total. The number of ether oxygens (including phenoxy) is 1. The van der Waals surface area contributed by atoms with Gasteiger partial charge in [-0.3, -0.25) is 4.79 Å². The van der Waals surface area contributed by atoms with Crippen LogP contribution in [0.1, 0.15) is 59.3 Å². The highest BCUT2D eigenvalue weighted by molar-refractivity contribution is 5.75. The van der Waals surface area contributed by atoms with Gasteiger partial charge in [-0.2, -0.15) is 0 Å². The maximum absolute atomic E-state index is 10.9. The molecule has 0 aliphatic heterocycles. The number of carbonyl (C=O) groups is 1. The van der Waals surface area contributed by atoms with Crippen LogP contribution in [0.2, 0.25) is 0 Å². The third kappa shape index (κ3) is 9.97. The van der Waals surface area contributed by atoms with Crippen molar-refractivity contribution in [3.63, 3.8) is 0 Å². The zero-order valence-electron chi connectivity index (χ0n) is 11.1. The lowest BCUT2D eigenvalue weighted by atomic mass is 10.2. The summed E-state index contributed by atoms with van der Waals surface area (Å²) in [6.07, 6.45) is 6.64. The first-order chi connectivity index (χ1) is 7.70. The molecule has 1 atom stereocenters. The second kappa shape index (κ2) is 10.9. The molecule has 0 aromatic heterocycles. The summed E-state index contributed by atoms with van der Waals surface area (Å²) >= 11 is 0. The van der Waals surface area contributed by atoms with Gasteiger partial charge >= 0.3 is 0 Å². The predicted molar refractivity (Wildman–Crippen MR) is 67.5 cm³/mol. The number of amides is 1. The van der Waals surface area contributed by atoms with Crippen LogP contribution in [0.5, 0.6) is 0 Å². The van der Waals surface area contributed by atoms with Gasteiger partial charge in [0.05, 0.1) is 6.10 Å². The SMILES string of the molecule is CCC(=O)NCCCCCCOC(C)CC. The predicted octanol–water partition coefficient (Wildman–Crippen LogP) is 2.89. The Labute approximate surface area is 99.9 Å². The molecule has 3 heteroatoms. The molecule has 0 saturated carbocycles. The molecule has 0 fully saturated rings. The highest BCUT2D eigenvalue weighted by atomic mass is 16.5. The minimum absolute atomic E-state index is 0.153. The van der Waals surface area contributed by atoms with Gasteiger partial charge in [-0.05, 0) is 26.2 Å². The molecule has 0 aliphatic carbocycles. The summed E-state index contributed by atoms with van der Waals surface area (Å²) in [7, 11) is 0. The van der Waals surface area contributed by atoms with E-state index in [1.807, 2.05) is 6.92 Å². The van der Waals surface area contributed by atoms with Gasteiger partial charge in [-0.1, -0.05) is 26.7 Å². The van der Waals surface area contributed by atoms with Crippen LogP contribution in [0.4, 0.5) is 0 Å². The maximum Gasteiger partial charge on any atom is 0.219 e. The molecule has 0 bridgehead atoms. The Morgan fingerprint density at radius 2 is 1.88 bits per heavy atom. The standard InChI is InChI=1S/C13H27NO2/c1-4-12(3)16-11-9-7-6-8-10-14-13(15)5-2/h12H,4-11H2,1-3H3,(H,14,15). The van der Waals surface area contributed by atoms with Crippen molar-refractivity contribution in [2.24, 2.45) is 0 Å². The first kappa shape index (κ1) is 15.4. The summed E-state index contributed by atoms with van der Waals surface area (Å²) in [6.45, 7) is 7.82. The quantitative estimate of drug-likeness (QED) is 0.585. The lowest BCUT2D eigenvalue weighted by molar-refractivity contribution is -0.120. The Morgan fingerprint density at radius 1 is 1.19 bits per heavy atom. The van der Waals surface area contributed by atoms with E-state index in [0.29, 0.717) is 12.5 Å². The second-order valence-electron chi connectivity index (χ2n) is 4.21. The molecule has 0 saturated heterocycles. The molecule has 1 unspecified atom stereocenters. The van der Waals surface area contributed by atoms with Crippen LogP contribution in [0.25, 0.3) is 0 Å². The normalized spacial score (nSPS) is 12.4. The third-order valence-electron chi connectivity index (χ3n) is 2.69. The molecule has 3 nitrogen and oxygen atoms in total. The number of hydrogen-bond acceptors (Lipinski definition) is 2. The van der Waals surface area contributed by atoms with E-state index in [4.69, 9.17) is 4.74 Å². The fraction of sp³-hybridized carbons (Fsp3) is 0.923. The lowest BCUT2D eigenvalue weighted by Crippen LogP contribution is -2.23. The number of rotatable bonds is 10. The molecule has 0 heterocycles. The van der Waals surface area contributed by atoms with Crippen LogP contribution in [-0.2, 0) is 9.53 Å². The van der Waals surface area contributed by atoms with E-state index in [9.17, 15) is 4.79 Å². The summed E-state index contributed by atoms with van der Waals surface area (Å²) in [5, 5.41) is 2.88. The summed E-state index contributed by atoms with van der Waals surface area (Å²) in [4.78, 5) is 10.9. The molecule has 0 rings (SSSR count). The number of hydrogen-bond donors (Lipinski definition) is 1. The third-order valence-corrected chi connectivity index (χ3v) is 2.69. The Bertz CT molecular complexity index is 171. The van der Waals surface area contributed by atoms with Gasteiger partial charge in [0.15, 0.2) is 0 Å². The van der Waals surface area contributed by atoms with E-state index in [-0.39, 0.29) is 5.91 Å². The number of nitrogens with one attached hydrogen (secondary N) is 1. The molecule has 0 aromatic rings. The zero-order chi connectivity index (χ0) is 12.2. The van der Waals surface area contributed by atoms with Crippen molar-refractivity contribution in [3.8, 4) is 0 Å². The second-order valence-corrected chi connectivity index (χ2v) is 4.21. The first-order valence-electron chi connectivity index (χ1n) is 6.59. The molecule has 1 amide bonds. The van der Waals surface area contributed by atoms with Crippen LogP contribution in [0, 0.1) is 0 Å². The molecule has 0 radical (unpaired) electrons. The Morgan fingerprint density at radius 3 is 2.50 bits per heavy atom.